The molecule has 1 heterocycles. The van der Waals surface area contributed by atoms with Crippen LogP contribution in [0.4, 0.5) is 0 Å². The molecule has 0 atom stereocenters. The van der Waals surface area contributed by atoms with Gasteiger partial charge in [0, 0.05) is 29.3 Å². The first-order valence-electron chi connectivity index (χ1n) is 8.35. The van der Waals surface area contributed by atoms with Gasteiger partial charge in [0.05, 0.1) is 32.0 Å². The second-order valence-corrected chi connectivity index (χ2v) is 7.39. The molecule has 1 fully saturated rings. The van der Waals surface area contributed by atoms with Gasteiger partial charge in [-0.3, -0.25) is 9.69 Å². The summed E-state index contributed by atoms with van der Waals surface area (Å²) in [7, 11) is 0. The van der Waals surface area contributed by atoms with Gasteiger partial charge in [0.25, 0.3) is 0 Å². The maximum Gasteiger partial charge on any atom is 0.182 e. The minimum atomic E-state index is -0.503. The topological polar surface area (TPSA) is 38.8 Å². The molecule has 1 saturated heterocycles. The predicted molar refractivity (Wildman–Crippen MR) is 99.0 cm³/mol. The number of ether oxygens (including phenoxy) is 2. The monoisotopic (exact) mass is 349 g/mol. The summed E-state index contributed by atoms with van der Waals surface area (Å²) in [5.74, 6) is 1.05. The third-order valence-electron chi connectivity index (χ3n) is 4.21. The van der Waals surface area contributed by atoms with Gasteiger partial charge < -0.3 is 9.47 Å². The van der Waals surface area contributed by atoms with E-state index in [-0.39, 0.29) is 5.78 Å². The summed E-state index contributed by atoms with van der Waals surface area (Å²) in [4.78, 5) is 16.2. The van der Waals surface area contributed by atoms with E-state index >= 15 is 0 Å². The van der Waals surface area contributed by atoms with Gasteiger partial charge in [-0.25, -0.2) is 0 Å². The van der Waals surface area contributed by atoms with Crippen molar-refractivity contribution in [2.45, 2.75) is 24.3 Å². The van der Waals surface area contributed by atoms with Crippen LogP contribution in [-0.4, -0.2) is 61.5 Å². The van der Waals surface area contributed by atoms with E-state index in [1.807, 2.05) is 38.1 Å². The number of Topliss-reactive ketones (excluding diaryl/α,β-unsaturated/α-hetero) is 1. The van der Waals surface area contributed by atoms with E-state index in [4.69, 9.17) is 9.47 Å². The number of thioether (sulfide) groups is 1. The molecule has 5 heteroatoms. The molecule has 1 aromatic carbocycles. The molecular weight excluding hydrogens is 322 g/mol. The van der Waals surface area contributed by atoms with Crippen LogP contribution in [-0.2, 0) is 9.47 Å². The van der Waals surface area contributed by atoms with Crippen LogP contribution in [0, 0.1) is 0 Å². The van der Waals surface area contributed by atoms with E-state index < -0.39 is 5.54 Å². The molecule has 0 saturated carbocycles. The minimum absolute atomic E-state index is 0.162. The van der Waals surface area contributed by atoms with Crippen LogP contribution in [0.2, 0.25) is 0 Å². The van der Waals surface area contributed by atoms with Crippen molar-refractivity contribution in [3.05, 3.63) is 42.5 Å². The van der Waals surface area contributed by atoms with Crippen LogP contribution < -0.4 is 0 Å². The fraction of sp³-hybridized carbons (Fsp3) is 0.526. The van der Waals surface area contributed by atoms with Crippen LogP contribution in [0.3, 0.4) is 0 Å². The van der Waals surface area contributed by atoms with Crippen LogP contribution in [0.1, 0.15) is 24.2 Å². The Bertz CT molecular complexity index is 536. The minimum Gasteiger partial charge on any atom is -0.379 e. The molecule has 0 aliphatic carbocycles. The summed E-state index contributed by atoms with van der Waals surface area (Å²) in [6, 6.07) is 7.89. The SMILES string of the molecule is C=CCOCCSc1ccc(C(=O)C(C)(C)N2CCOCC2)cc1. The zero-order chi connectivity index (χ0) is 17.4. The highest BCUT2D eigenvalue weighted by Gasteiger charge is 2.35. The van der Waals surface area contributed by atoms with E-state index in [1.54, 1.807) is 17.8 Å². The number of carbonyl (C=O) groups excluding carboxylic acids is 1. The number of hydrogen-bond donors (Lipinski definition) is 0. The Labute approximate surface area is 149 Å². The van der Waals surface area contributed by atoms with E-state index in [9.17, 15) is 4.79 Å². The van der Waals surface area contributed by atoms with Crippen molar-refractivity contribution in [1.29, 1.82) is 0 Å². The van der Waals surface area contributed by atoms with Crippen molar-refractivity contribution >= 4 is 17.5 Å². The Hall–Kier alpha value is -1.14. The Morgan fingerprint density at radius 2 is 2.00 bits per heavy atom. The molecule has 1 aromatic rings. The molecule has 2 rings (SSSR count). The van der Waals surface area contributed by atoms with E-state index in [1.165, 1.54) is 0 Å². The number of carbonyl (C=O) groups is 1. The van der Waals surface area contributed by atoms with Crippen molar-refractivity contribution < 1.29 is 14.3 Å². The van der Waals surface area contributed by atoms with Gasteiger partial charge in [0.2, 0.25) is 0 Å². The quantitative estimate of drug-likeness (QED) is 0.296. The number of rotatable bonds is 9. The van der Waals surface area contributed by atoms with Crippen LogP contribution in [0.15, 0.2) is 41.8 Å². The first-order valence-corrected chi connectivity index (χ1v) is 9.33. The van der Waals surface area contributed by atoms with Crippen molar-refractivity contribution in [1.82, 2.24) is 4.90 Å². The van der Waals surface area contributed by atoms with E-state index in [2.05, 4.69) is 11.5 Å². The normalized spacial score (nSPS) is 16.1. The molecule has 132 valence electrons. The molecule has 1 aliphatic rings. The lowest BCUT2D eigenvalue weighted by Crippen LogP contribution is -2.54. The fourth-order valence-electron chi connectivity index (χ4n) is 2.71. The smallest absolute Gasteiger partial charge is 0.182 e. The van der Waals surface area contributed by atoms with Crippen molar-refractivity contribution in [3.63, 3.8) is 0 Å². The summed E-state index contributed by atoms with van der Waals surface area (Å²) >= 11 is 1.73. The highest BCUT2D eigenvalue weighted by molar-refractivity contribution is 7.99. The largest absolute Gasteiger partial charge is 0.379 e. The lowest BCUT2D eigenvalue weighted by Gasteiger charge is -2.39. The van der Waals surface area contributed by atoms with Crippen LogP contribution >= 0.6 is 11.8 Å². The Kier molecular flexibility index (Phi) is 7.49. The van der Waals surface area contributed by atoms with Gasteiger partial charge >= 0.3 is 0 Å². The van der Waals surface area contributed by atoms with Crippen LogP contribution in [0.5, 0.6) is 0 Å². The summed E-state index contributed by atoms with van der Waals surface area (Å²) < 4.78 is 10.8. The highest BCUT2D eigenvalue weighted by Crippen LogP contribution is 2.24. The van der Waals surface area contributed by atoms with E-state index in [0.29, 0.717) is 26.4 Å². The number of nitrogens with zero attached hydrogens (tertiary/aromatic N) is 1. The van der Waals surface area contributed by atoms with E-state index in [0.717, 1.165) is 29.3 Å². The number of benzene rings is 1. The number of morpholine rings is 1. The zero-order valence-electron chi connectivity index (χ0n) is 14.6. The highest BCUT2D eigenvalue weighted by atomic mass is 32.2. The van der Waals surface area contributed by atoms with Gasteiger partial charge in [-0.2, -0.15) is 0 Å². The predicted octanol–water partition coefficient (Wildman–Crippen LogP) is 3.27. The molecule has 0 N–H and O–H groups in total. The Balaban J connectivity index is 1.91. The molecule has 0 unspecified atom stereocenters. The second kappa shape index (κ2) is 9.37. The molecule has 0 radical (unpaired) electrons. The average Bonchev–Trinajstić information content (AvgIpc) is 2.62. The van der Waals surface area contributed by atoms with Crippen molar-refractivity contribution in [3.8, 4) is 0 Å². The summed E-state index contributed by atoms with van der Waals surface area (Å²) in [5, 5.41) is 0. The van der Waals surface area contributed by atoms with Gasteiger partial charge in [-0.1, -0.05) is 18.2 Å². The first-order chi connectivity index (χ1) is 11.6. The molecule has 0 spiro atoms. The number of hydrogen-bond acceptors (Lipinski definition) is 5. The van der Waals surface area contributed by atoms with Crippen LogP contribution in [0.25, 0.3) is 0 Å². The Morgan fingerprint density at radius 1 is 1.33 bits per heavy atom. The third kappa shape index (κ3) is 5.18. The third-order valence-corrected chi connectivity index (χ3v) is 5.18. The molecule has 0 bridgehead atoms. The van der Waals surface area contributed by atoms with Gasteiger partial charge in [-0.05, 0) is 26.0 Å². The maximum atomic E-state index is 12.9. The number of ketones is 1. The lowest BCUT2D eigenvalue weighted by molar-refractivity contribution is -0.00430. The lowest BCUT2D eigenvalue weighted by atomic mass is 9.91. The summed E-state index contributed by atoms with van der Waals surface area (Å²) in [6.45, 7) is 11.9. The summed E-state index contributed by atoms with van der Waals surface area (Å²) in [5.41, 5.74) is 0.260. The van der Waals surface area contributed by atoms with Crippen molar-refractivity contribution in [2.75, 3.05) is 45.3 Å². The molecule has 0 amide bonds. The molecule has 24 heavy (non-hydrogen) atoms. The van der Waals surface area contributed by atoms with Crippen molar-refractivity contribution in [2.24, 2.45) is 0 Å². The zero-order valence-corrected chi connectivity index (χ0v) is 15.4. The standard InChI is InChI=1S/C19H27NO3S/c1-4-11-22-14-15-24-17-7-5-16(6-8-17)18(21)19(2,3)20-9-12-23-13-10-20/h4-8H,1,9-15H2,2-3H3. The molecular formula is C19H27NO3S. The summed E-state index contributed by atoms with van der Waals surface area (Å²) in [6.07, 6.45) is 1.75. The first kappa shape index (κ1) is 19.2. The maximum absolute atomic E-state index is 12.9. The van der Waals surface area contributed by atoms with Gasteiger partial charge in [-0.15, -0.1) is 18.3 Å². The Morgan fingerprint density at radius 3 is 2.62 bits per heavy atom. The molecule has 0 aromatic heterocycles. The fourth-order valence-corrected chi connectivity index (χ4v) is 3.47. The van der Waals surface area contributed by atoms with Gasteiger partial charge in [0.15, 0.2) is 5.78 Å². The van der Waals surface area contributed by atoms with Gasteiger partial charge in [0.1, 0.15) is 0 Å². The second-order valence-electron chi connectivity index (χ2n) is 6.22. The molecule has 1 aliphatic heterocycles. The average molecular weight is 349 g/mol. The molecule has 4 nitrogen and oxygen atoms in total.